The molecule has 0 aromatic heterocycles. The number of benzene rings is 2. The lowest BCUT2D eigenvalue weighted by Crippen LogP contribution is -2.34. The van der Waals surface area contributed by atoms with Gasteiger partial charge >= 0.3 is 0 Å². The van der Waals surface area contributed by atoms with Crippen molar-refractivity contribution < 1.29 is 9.59 Å². The number of aryl methyl sites for hydroxylation is 2. The van der Waals surface area contributed by atoms with Gasteiger partial charge < -0.3 is 21.7 Å². The zero-order chi connectivity index (χ0) is 22.0. The molecule has 0 aliphatic carbocycles. The van der Waals surface area contributed by atoms with Gasteiger partial charge in [-0.15, -0.1) is 0 Å². The number of amides is 2. The number of nitrogens with one attached hydrogen (secondary N) is 2. The van der Waals surface area contributed by atoms with E-state index in [2.05, 4.69) is 12.2 Å². The molecule has 1 fully saturated rings. The lowest BCUT2D eigenvalue weighted by atomic mass is 9.94. The predicted octanol–water partition coefficient (Wildman–Crippen LogP) is 2.85. The Hall–Kier alpha value is -3.35. The zero-order valence-corrected chi connectivity index (χ0v) is 17.7. The number of nitrogen functional groups attached to an aromatic ring is 1. The summed E-state index contributed by atoms with van der Waals surface area (Å²) >= 11 is 0. The lowest BCUT2D eigenvalue weighted by Gasteiger charge is -2.24. The molecule has 1 heterocycles. The Balaban J connectivity index is 1.89. The third kappa shape index (κ3) is 4.30. The first-order valence-electron chi connectivity index (χ1n) is 10.1. The van der Waals surface area contributed by atoms with Crippen LogP contribution in [0, 0.1) is 19.3 Å². The van der Waals surface area contributed by atoms with Crippen molar-refractivity contribution in [1.29, 1.82) is 5.41 Å². The highest BCUT2D eigenvalue weighted by Gasteiger charge is 2.28. The highest BCUT2D eigenvalue weighted by atomic mass is 16.2. The standard InChI is InChI=1S/C23H29N5O2/c1-13-12-19(23(30)28-10-4-5-15(28)3)14(2)11-18(13)20(22(26)29)27-17-8-6-16(7-9-17)21(24)25/h6-9,11-12,15,20,27H,4-5,10H2,1-3H3,(H3,24,25)(H2,26,29). The predicted molar refractivity (Wildman–Crippen MR) is 119 cm³/mol. The van der Waals surface area contributed by atoms with Crippen LogP contribution >= 0.6 is 0 Å². The lowest BCUT2D eigenvalue weighted by molar-refractivity contribution is -0.118. The Bertz CT molecular complexity index is 984. The molecular weight excluding hydrogens is 378 g/mol. The van der Waals surface area contributed by atoms with Crippen LogP contribution in [0.2, 0.25) is 0 Å². The maximum Gasteiger partial charge on any atom is 0.254 e. The van der Waals surface area contributed by atoms with E-state index in [0.29, 0.717) is 16.8 Å². The molecule has 158 valence electrons. The van der Waals surface area contributed by atoms with E-state index in [4.69, 9.17) is 16.9 Å². The van der Waals surface area contributed by atoms with E-state index >= 15 is 0 Å². The Labute approximate surface area is 176 Å². The summed E-state index contributed by atoms with van der Waals surface area (Å²) in [6.07, 6.45) is 2.05. The fraction of sp³-hybridized carbons (Fsp3) is 0.348. The fourth-order valence-electron chi connectivity index (χ4n) is 3.98. The number of amidine groups is 1. The highest BCUT2D eigenvalue weighted by molar-refractivity contribution is 5.97. The minimum absolute atomic E-state index is 0.0213. The van der Waals surface area contributed by atoms with Gasteiger partial charge in [0.2, 0.25) is 5.91 Å². The molecule has 6 N–H and O–H groups in total. The zero-order valence-electron chi connectivity index (χ0n) is 17.7. The minimum Gasteiger partial charge on any atom is -0.384 e. The van der Waals surface area contributed by atoms with E-state index in [0.717, 1.165) is 36.1 Å². The first-order chi connectivity index (χ1) is 14.2. The van der Waals surface area contributed by atoms with Gasteiger partial charge in [-0.2, -0.15) is 0 Å². The van der Waals surface area contributed by atoms with E-state index in [9.17, 15) is 9.59 Å². The SMILES string of the molecule is Cc1cc(C(Nc2ccc(C(=N)N)cc2)C(N)=O)c(C)cc1C(=O)N1CCCC1C. The third-order valence-corrected chi connectivity index (χ3v) is 5.76. The van der Waals surface area contributed by atoms with E-state index in [-0.39, 0.29) is 17.8 Å². The number of primary amides is 1. The molecule has 0 radical (unpaired) electrons. The average Bonchev–Trinajstić information content (AvgIpc) is 3.13. The van der Waals surface area contributed by atoms with Gasteiger partial charge in [-0.05, 0) is 80.6 Å². The third-order valence-electron chi connectivity index (χ3n) is 5.76. The first kappa shape index (κ1) is 21.4. The summed E-state index contributed by atoms with van der Waals surface area (Å²) in [5.74, 6) is -0.497. The summed E-state index contributed by atoms with van der Waals surface area (Å²) in [6.45, 7) is 6.62. The number of nitrogens with two attached hydrogens (primary N) is 2. The molecule has 2 aromatic carbocycles. The van der Waals surface area contributed by atoms with Gasteiger partial charge in [0.1, 0.15) is 11.9 Å². The largest absolute Gasteiger partial charge is 0.384 e. The molecule has 0 bridgehead atoms. The number of anilines is 1. The summed E-state index contributed by atoms with van der Waals surface area (Å²) in [6, 6.07) is 10.1. The second-order valence-corrected chi connectivity index (χ2v) is 7.98. The molecule has 2 aromatic rings. The van der Waals surface area contributed by atoms with E-state index in [1.165, 1.54) is 0 Å². The number of hydrogen-bond donors (Lipinski definition) is 4. The Morgan fingerprint density at radius 3 is 2.33 bits per heavy atom. The molecule has 3 rings (SSSR count). The van der Waals surface area contributed by atoms with Crippen LogP contribution in [-0.2, 0) is 4.79 Å². The summed E-state index contributed by atoms with van der Waals surface area (Å²) in [7, 11) is 0. The number of hydrogen-bond acceptors (Lipinski definition) is 4. The van der Waals surface area contributed by atoms with Gasteiger partial charge in [0.15, 0.2) is 0 Å². The molecule has 2 atom stereocenters. The summed E-state index contributed by atoms with van der Waals surface area (Å²) < 4.78 is 0. The van der Waals surface area contributed by atoms with Crippen molar-refractivity contribution in [1.82, 2.24) is 4.90 Å². The smallest absolute Gasteiger partial charge is 0.254 e. The van der Waals surface area contributed by atoms with Gasteiger partial charge in [0.25, 0.3) is 5.91 Å². The van der Waals surface area contributed by atoms with Crippen LogP contribution in [0.25, 0.3) is 0 Å². The summed E-state index contributed by atoms with van der Waals surface area (Å²) in [5.41, 5.74) is 15.5. The minimum atomic E-state index is -0.748. The van der Waals surface area contributed by atoms with Crippen molar-refractivity contribution in [3.8, 4) is 0 Å². The molecule has 1 saturated heterocycles. The Morgan fingerprint density at radius 2 is 1.80 bits per heavy atom. The second kappa shape index (κ2) is 8.57. The summed E-state index contributed by atoms with van der Waals surface area (Å²) in [5, 5.41) is 10.6. The topological polar surface area (TPSA) is 125 Å². The van der Waals surface area contributed by atoms with Crippen LogP contribution in [-0.4, -0.2) is 35.1 Å². The number of rotatable bonds is 6. The van der Waals surface area contributed by atoms with E-state index in [1.54, 1.807) is 24.3 Å². The van der Waals surface area contributed by atoms with Crippen molar-refractivity contribution >= 4 is 23.3 Å². The van der Waals surface area contributed by atoms with E-state index < -0.39 is 11.9 Å². The summed E-state index contributed by atoms with van der Waals surface area (Å²) in [4.78, 5) is 27.2. The van der Waals surface area contributed by atoms with Crippen molar-refractivity contribution in [2.24, 2.45) is 11.5 Å². The second-order valence-electron chi connectivity index (χ2n) is 7.98. The van der Waals surface area contributed by atoms with Crippen LogP contribution in [0.1, 0.15) is 58.4 Å². The van der Waals surface area contributed by atoms with Gasteiger partial charge in [0.05, 0.1) is 0 Å². The van der Waals surface area contributed by atoms with Crippen molar-refractivity contribution in [2.45, 2.75) is 45.7 Å². The van der Waals surface area contributed by atoms with Crippen LogP contribution in [0.4, 0.5) is 5.69 Å². The maximum atomic E-state index is 13.0. The highest BCUT2D eigenvalue weighted by Crippen LogP contribution is 2.28. The van der Waals surface area contributed by atoms with Gasteiger partial charge in [0, 0.05) is 29.4 Å². The number of nitrogens with zero attached hydrogens (tertiary/aromatic N) is 1. The van der Waals surface area contributed by atoms with Crippen LogP contribution < -0.4 is 16.8 Å². The fourth-order valence-corrected chi connectivity index (χ4v) is 3.98. The van der Waals surface area contributed by atoms with E-state index in [1.807, 2.05) is 30.9 Å². The molecule has 1 aliphatic rings. The van der Waals surface area contributed by atoms with Gasteiger partial charge in [-0.1, -0.05) is 6.07 Å². The first-order valence-corrected chi connectivity index (χ1v) is 10.1. The quantitative estimate of drug-likeness (QED) is 0.434. The van der Waals surface area contributed by atoms with Crippen LogP contribution in [0.3, 0.4) is 0 Å². The van der Waals surface area contributed by atoms with Crippen LogP contribution in [0.5, 0.6) is 0 Å². The van der Waals surface area contributed by atoms with Crippen molar-refractivity contribution in [3.63, 3.8) is 0 Å². The normalized spacial score (nSPS) is 16.9. The molecule has 7 nitrogen and oxygen atoms in total. The number of likely N-dealkylation sites (tertiary alicyclic amines) is 1. The average molecular weight is 408 g/mol. The number of carbonyl (C=O) groups excluding carboxylic acids is 2. The van der Waals surface area contributed by atoms with Gasteiger partial charge in [-0.3, -0.25) is 15.0 Å². The Morgan fingerprint density at radius 1 is 1.13 bits per heavy atom. The van der Waals surface area contributed by atoms with Gasteiger partial charge in [-0.25, -0.2) is 0 Å². The maximum absolute atomic E-state index is 13.0. The molecule has 1 aliphatic heterocycles. The Kier molecular flexibility index (Phi) is 6.10. The molecule has 2 amide bonds. The monoisotopic (exact) mass is 407 g/mol. The molecular formula is C23H29N5O2. The molecule has 2 unspecified atom stereocenters. The molecule has 0 saturated carbocycles. The molecule has 30 heavy (non-hydrogen) atoms. The number of carbonyl (C=O) groups is 2. The molecule has 0 spiro atoms. The molecule has 7 heteroatoms. The van der Waals surface area contributed by atoms with Crippen molar-refractivity contribution in [3.05, 3.63) is 64.2 Å². The van der Waals surface area contributed by atoms with Crippen LogP contribution in [0.15, 0.2) is 36.4 Å². The van der Waals surface area contributed by atoms with Crippen molar-refractivity contribution in [2.75, 3.05) is 11.9 Å².